The van der Waals surface area contributed by atoms with E-state index in [4.69, 9.17) is 14.4 Å². The molecule has 0 bridgehead atoms. The monoisotopic (exact) mass is 295 g/mol. The molecule has 1 fully saturated rings. The van der Waals surface area contributed by atoms with Crippen LogP contribution in [-0.4, -0.2) is 43.4 Å². The predicted octanol–water partition coefficient (Wildman–Crippen LogP) is 0.161. The molecule has 1 aliphatic heterocycles. The molecule has 1 heterocycles. The molecule has 1 aromatic rings. The van der Waals surface area contributed by atoms with E-state index in [0.717, 1.165) is 6.07 Å². The Bertz CT molecular complexity index is 547. The van der Waals surface area contributed by atoms with E-state index in [1.54, 1.807) is 6.92 Å². The zero-order valence-corrected chi connectivity index (χ0v) is 11.5. The van der Waals surface area contributed by atoms with Crippen molar-refractivity contribution in [3.05, 3.63) is 29.6 Å². The number of carbonyl (C=O) groups excluding carboxylic acids is 1. The second-order valence-corrected chi connectivity index (χ2v) is 4.58. The number of amides is 1. The molecular weight excluding hydrogens is 280 g/mol. The van der Waals surface area contributed by atoms with E-state index in [1.165, 1.54) is 12.1 Å². The first-order valence-corrected chi connectivity index (χ1v) is 6.59. The van der Waals surface area contributed by atoms with Gasteiger partial charge in [-0.3, -0.25) is 4.79 Å². The first-order valence-electron chi connectivity index (χ1n) is 6.59. The van der Waals surface area contributed by atoms with Crippen LogP contribution >= 0.6 is 0 Å². The molecule has 8 heteroatoms. The van der Waals surface area contributed by atoms with Crippen molar-refractivity contribution in [2.75, 3.05) is 13.2 Å². The summed E-state index contributed by atoms with van der Waals surface area (Å²) in [5, 5.41) is 11.2. The highest BCUT2D eigenvalue weighted by atomic mass is 19.1. The van der Waals surface area contributed by atoms with E-state index in [9.17, 15) is 14.0 Å². The van der Waals surface area contributed by atoms with Crippen LogP contribution in [0.3, 0.4) is 0 Å². The molecule has 1 aromatic carbocycles. The van der Waals surface area contributed by atoms with Gasteiger partial charge >= 0.3 is 13.1 Å². The molecule has 1 unspecified atom stereocenters. The molecule has 0 spiro atoms. The van der Waals surface area contributed by atoms with Gasteiger partial charge < -0.3 is 19.7 Å². The molecule has 21 heavy (non-hydrogen) atoms. The summed E-state index contributed by atoms with van der Waals surface area (Å²) in [6, 6.07) is 2.86. The van der Waals surface area contributed by atoms with E-state index < -0.39 is 30.9 Å². The van der Waals surface area contributed by atoms with Crippen molar-refractivity contribution in [2.45, 2.75) is 19.4 Å². The van der Waals surface area contributed by atoms with Gasteiger partial charge in [0.25, 0.3) is 5.91 Å². The van der Waals surface area contributed by atoms with Gasteiger partial charge in [0.2, 0.25) is 0 Å². The number of rotatable bonds is 5. The van der Waals surface area contributed by atoms with Crippen LogP contribution in [0.5, 0.6) is 0 Å². The Morgan fingerprint density at radius 2 is 2.10 bits per heavy atom. The molecule has 6 nitrogen and oxygen atoms in total. The van der Waals surface area contributed by atoms with Crippen LogP contribution in [0, 0.1) is 5.82 Å². The van der Waals surface area contributed by atoms with E-state index in [1.807, 2.05) is 0 Å². The topological polar surface area (TPSA) is 84.9 Å². The van der Waals surface area contributed by atoms with Crippen molar-refractivity contribution >= 4 is 24.5 Å². The summed E-state index contributed by atoms with van der Waals surface area (Å²) < 4.78 is 24.4. The number of hydrogen-bond donors (Lipinski definition) is 2. The minimum absolute atomic E-state index is 0.0500. The predicted molar refractivity (Wildman–Crippen MR) is 72.9 cm³/mol. The van der Waals surface area contributed by atoms with Crippen LogP contribution in [0.4, 0.5) is 4.39 Å². The zero-order valence-electron chi connectivity index (χ0n) is 11.5. The van der Waals surface area contributed by atoms with E-state index in [-0.39, 0.29) is 17.4 Å². The number of nitrogens with one attached hydrogen (secondary N) is 1. The Morgan fingerprint density at radius 1 is 1.43 bits per heavy atom. The van der Waals surface area contributed by atoms with Crippen molar-refractivity contribution in [3.8, 4) is 0 Å². The summed E-state index contributed by atoms with van der Waals surface area (Å²) in [4.78, 5) is 22.8. The third kappa shape index (κ3) is 3.59. The van der Waals surface area contributed by atoms with Gasteiger partial charge in [-0.05, 0) is 18.6 Å². The lowest BCUT2D eigenvalue weighted by Gasteiger charge is -2.13. The molecule has 2 rings (SSSR count). The molecule has 112 valence electrons. The van der Waals surface area contributed by atoms with Crippen molar-refractivity contribution in [1.29, 1.82) is 0 Å². The smallest absolute Gasteiger partial charge is 0.480 e. The number of carbonyl (C=O) groups is 2. The second-order valence-electron chi connectivity index (χ2n) is 4.58. The third-order valence-electron chi connectivity index (χ3n) is 3.15. The van der Waals surface area contributed by atoms with Gasteiger partial charge in [0, 0.05) is 11.0 Å². The number of aliphatic carboxylic acids is 1. The highest BCUT2D eigenvalue weighted by Gasteiger charge is 2.29. The Balaban J connectivity index is 2.11. The van der Waals surface area contributed by atoms with Gasteiger partial charge in [0.05, 0.1) is 13.2 Å². The van der Waals surface area contributed by atoms with E-state index in [0.29, 0.717) is 13.2 Å². The van der Waals surface area contributed by atoms with Gasteiger partial charge in [0.1, 0.15) is 11.9 Å². The van der Waals surface area contributed by atoms with Gasteiger partial charge in [-0.1, -0.05) is 13.0 Å². The molecule has 1 atom stereocenters. The summed E-state index contributed by atoms with van der Waals surface area (Å²) >= 11 is 0. The average Bonchev–Trinajstić information content (AvgIpc) is 2.97. The molecule has 0 radical (unpaired) electrons. The average molecular weight is 295 g/mol. The highest BCUT2D eigenvalue weighted by molar-refractivity contribution is 6.61. The van der Waals surface area contributed by atoms with Gasteiger partial charge in [-0.25, -0.2) is 9.18 Å². The van der Waals surface area contributed by atoms with Crippen molar-refractivity contribution < 1.29 is 28.4 Å². The minimum atomic E-state index is -1.13. The minimum Gasteiger partial charge on any atom is -0.480 e. The lowest BCUT2D eigenvalue weighted by atomic mass is 9.78. The fourth-order valence-electron chi connectivity index (χ4n) is 1.98. The van der Waals surface area contributed by atoms with Gasteiger partial charge in [0.15, 0.2) is 0 Å². The number of carboxylic acid groups (broad SMARTS) is 1. The highest BCUT2D eigenvalue weighted by Crippen LogP contribution is 2.08. The summed E-state index contributed by atoms with van der Waals surface area (Å²) in [6.07, 6.45) is 0.241. The van der Waals surface area contributed by atoms with Crippen molar-refractivity contribution in [3.63, 3.8) is 0 Å². The zero-order chi connectivity index (χ0) is 15.4. The summed E-state index contributed by atoms with van der Waals surface area (Å²) in [7, 11) is -0.760. The largest absolute Gasteiger partial charge is 0.497 e. The first kappa shape index (κ1) is 15.5. The van der Waals surface area contributed by atoms with Crippen LogP contribution < -0.4 is 10.8 Å². The lowest BCUT2D eigenvalue weighted by Crippen LogP contribution is -2.40. The number of hydrogen-bond acceptors (Lipinski definition) is 4. The van der Waals surface area contributed by atoms with Crippen LogP contribution in [0.15, 0.2) is 18.2 Å². The maximum atomic E-state index is 14.0. The summed E-state index contributed by atoms with van der Waals surface area (Å²) in [6.45, 7) is 2.42. The second kappa shape index (κ2) is 6.69. The number of benzene rings is 1. The SMILES string of the molecule is CCC(NC(=O)c1ccc(B2OCCO2)c(F)c1)C(=O)O. The van der Waals surface area contributed by atoms with Crippen LogP contribution in [0.25, 0.3) is 0 Å². The molecule has 2 N–H and O–H groups in total. The maximum Gasteiger partial charge on any atom is 0.497 e. The Labute approximate surface area is 121 Å². The van der Waals surface area contributed by atoms with Gasteiger partial charge in [-0.2, -0.15) is 0 Å². The summed E-state index contributed by atoms with van der Waals surface area (Å²) in [5.74, 6) is -2.39. The Morgan fingerprint density at radius 3 is 2.62 bits per heavy atom. The Hall–Kier alpha value is -1.93. The first-order chi connectivity index (χ1) is 10.0. The molecule has 1 amide bonds. The molecule has 1 aliphatic rings. The van der Waals surface area contributed by atoms with Crippen LogP contribution in [0.1, 0.15) is 23.7 Å². The fraction of sp³-hybridized carbons (Fsp3) is 0.385. The molecule has 0 aliphatic carbocycles. The Kier molecular flexibility index (Phi) is 4.92. The lowest BCUT2D eigenvalue weighted by molar-refractivity contribution is -0.139. The standard InChI is InChI=1S/C13H15BFNO5/c1-2-11(13(18)19)16-12(17)8-3-4-9(10(15)7-8)14-20-5-6-21-14/h3-4,7,11H,2,5-6H2,1H3,(H,16,17)(H,18,19). The summed E-state index contributed by atoms with van der Waals surface area (Å²) in [5.41, 5.74) is 0.267. The molecule has 1 saturated heterocycles. The molecule has 0 saturated carbocycles. The van der Waals surface area contributed by atoms with Crippen LogP contribution in [-0.2, 0) is 14.1 Å². The van der Waals surface area contributed by atoms with E-state index >= 15 is 0 Å². The van der Waals surface area contributed by atoms with Crippen molar-refractivity contribution in [1.82, 2.24) is 5.32 Å². The van der Waals surface area contributed by atoms with Crippen molar-refractivity contribution in [2.24, 2.45) is 0 Å². The normalized spacial score (nSPS) is 15.8. The number of carboxylic acids is 1. The third-order valence-corrected chi connectivity index (χ3v) is 3.15. The maximum absolute atomic E-state index is 14.0. The quantitative estimate of drug-likeness (QED) is 0.756. The number of halogens is 1. The van der Waals surface area contributed by atoms with Crippen LogP contribution in [0.2, 0.25) is 0 Å². The van der Waals surface area contributed by atoms with E-state index in [2.05, 4.69) is 5.32 Å². The molecular formula is C13H15BFNO5. The molecule has 0 aromatic heterocycles. The fourth-order valence-corrected chi connectivity index (χ4v) is 1.98. The van der Waals surface area contributed by atoms with Gasteiger partial charge in [-0.15, -0.1) is 0 Å².